The zero-order valence-corrected chi connectivity index (χ0v) is 18.4. The van der Waals surface area contributed by atoms with Crippen LogP contribution in [0, 0.1) is 0 Å². The minimum absolute atomic E-state index is 0.0585. The van der Waals surface area contributed by atoms with Crippen LogP contribution in [0.1, 0.15) is 48.4 Å². The van der Waals surface area contributed by atoms with E-state index in [1.54, 1.807) is 0 Å². The summed E-state index contributed by atoms with van der Waals surface area (Å²) in [5.41, 5.74) is 2.64. The third kappa shape index (κ3) is 4.60. The lowest BCUT2D eigenvalue weighted by atomic mass is 10.0. The fourth-order valence-corrected chi connectivity index (χ4v) is 5.00. The number of fused-ring (bicyclic) bond motifs is 1. The number of hydrogen-bond acceptors (Lipinski definition) is 5. The van der Waals surface area contributed by atoms with Crippen LogP contribution in [0.25, 0.3) is 0 Å². The van der Waals surface area contributed by atoms with E-state index in [9.17, 15) is 14.7 Å². The molecule has 0 bridgehead atoms. The van der Waals surface area contributed by atoms with E-state index in [1.165, 1.54) is 22.4 Å². The summed E-state index contributed by atoms with van der Waals surface area (Å²) in [5, 5.41) is 17.2. The maximum atomic E-state index is 12.8. The Morgan fingerprint density at radius 3 is 2.67 bits per heavy atom. The average Bonchev–Trinajstić information content (AvgIpc) is 3.49. The number of anilines is 1. The number of aromatic nitrogens is 2. The summed E-state index contributed by atoms with van der Waals surface area (Å²) < 4.78 is 1.50. The molecule has 7 heteroatoms. The molecule has 0 unspecified atom stereocenters. The number of hydrogen-bond donors (Lipinski definition) is 3. The molecule has 33 heavy (non-hydrogen) atoms. The highest BCUT2D eigenvalue weighted by molar-refractivity contribution is 5.94. The van der Waals surface area contributed by atoms with Crippen LogP contribution in [0.3, 0.4) is 0 Å². The van der Waals surface area contributed by atoms with Gasteiger partial charge in [-0.15, -0.1) is 0 Å². The van der Waals surface area contributed by atoms with Gasteiger partial charge in [-0.05, 0) is 48.9 Å². The molecular formula is C26H28N4O3. The van der Waals surface area contributed by atoms with E-state index < -0.39 is 12.1 Å². The SMILES string of the molecule is O=C(Nc1ccc(C[C@H]2CC[C@H]([C@H](O)c3ccccc3)N2)cc1)[C@@H]1CCc2nccc(=O)n21. The fraction of sp³-hybridized carbons (Fsp3) is 0.346. The number of nitrogens with zero attached hydrogens (tertiary/aromatic N) is 2. The minimum Gasteiger partial charge on any atom is -0.387 e. The molecule has 2 aliphatic heterocycles. The molecule has 3 aromatic rings. The van der Waals surface area contributed by atoms with E-state index in [0.717, 1.165) is 24.8 Å². The number of rotatable bonds is 6. The molecular weight excluding hydrogens is 416 g/mol. The van der Waals surface area contributed by atoms with Gasteiger partial charge in [0.25, 0.3) is 5.56 Å². The van der Waals surface area contributed by atoms with Gasteiger partial charge in [0.1, 0.15) is 11.9 Å². The second kappa shape index (κ2) is 9.29. The van der Waals surface area contributed by atoms with Gasteiger partial charge < -0.3 is 15.7 Å². The van der Waals surface area contributed by atoms with Crippen molar-refractivity contribution in [1.29, 1.82) is 0 Å². The molecule has 2 aliphatic rings. The number of aryl methyl sites for hydroxylation is 1. The van der Waals surface area contributed by atoms with E-state index in [2.05, 4.69) is 15.6 Å². The second-order valence-electron chi connectivity index (χ2n) is 8.92. The van der Waals surface area contributed by atoms with Gasteiger partial charge in [0.05, 0.1) is 6.10 Å². The molecule has 0 spiro atoms. The number of aliphatic hydroxyl groups is 1. The Kier molecular flexibility index (Phi) is 6.07. The summed E-state index contributed by atoms with van der Waals surface area (Å²) in [6, 6.07) is 18.9. The van der Waals surface area contributed by atoms with Crippen LogP contribution in [-0.2, 0) is 17.6 Å². The van der Waals surface area contributed by atoms with Crippen LogP contribution >= 0.6 is 0 Å². The third-order valence-electron chi connectivity index (χ3n) is 6.71. The Bertz CT molecular complexity index is 1180. The van der Waals surface area contributed by atoms with Crippen molar-refractivity contribution in [3.8, 4) is 0 Å². The van der Waals surface area contributed by atoms with Gasteiger partial charge >= 0.3 is 0 Å². The molecule has 2 aromatic carbocycles. The number of benzene rings is 2. The molecule has 4 atom stereocenters. The first-order chi connectivity index (χ1) is 16.1. The van der Waals surface area contributed by atoms with E-state index in [0.29, 0.717) is 30.4 Å². The van der Waals surface area contributed by atoms with Crippen molar-refractivity contribution in [2.45, 2.75) is 56.3 Å². The molecule has 1 saturated heterocycles. The highest BCUT2D eigenvalue weighted by Crippen LogP contribution is 2.27. The summed E-state index contributed by atoms with van der Waals surface area (Å²) in [7, 11) is 0. The fourth-order valence-electron chi connectivity index (χ4n) is 5.00. The van der Waals surface area contributed by atoms with Crippen LogP contribution in [0.5, 0.6) is 0 Å². The lowest BCUT2D eigenvalue weighted by molar-refractivity contribution is -0.119. The number of carbonyl (C=O) groups excluding carboxylic acids is 1. The van der Waals surface area contributed by atoms with Gasteiger partial charge in [-0.3, -0.25) is 14.2 Å². The van der Waals surface area contributed by atoms with Crippen molar-refractivity contribution >= 4 is 11.6 Å². The highest BCUT2D eigenvalue weighted by Gasteiger charge is 2.31. The molecule has 0 aliphatic carbocycles. The van der Waals surface area contributed by atoms with Crippen molar-refractivity contribution in [3.05, 3.63) is 94.2 Å². The van der Waals surface area contributed by atoms with Crippen LogP contribution in [0.4, 0.5) is 5.69 Å². The molecule has 7 nitrogen and oxygen atoms in total. The Hall–Kier alpha value is -3.29. The lowest BCUT2D eigenvalue weighted by Crippen LogP contribution is -2.35. The number of aliphatic hydroxyl groups excluding tert-OH is 1. The van der Waals surface area contributed by atoms with Crippen LogP contribution < -0.4 is 16.2 Å². The molecule has 1 fully saturated rings. The topological polar surface area (TPSA) is 96.2 Å². The van der Waals surface area contributed by atoms with Gasteiger partial charge in [0.15, 0.2) is 0 Å². The van der Waals surface area contributed by atoms with Crippen molar-refractivity contribution in [1.82, 2.24) is 14.9 Å². The lowest BCUT2D eigenvalue weighted by Gasteiger charge is -2.20. The maximum absolute atomic E-state index is 12.8. The van der Waals surface area contributed by atoms with E-state index >= 15 is 0 Å². The Morgan fingerprint density at radius 2 is 1.88 bits per heavy atom. The molecule has 5 rings (SSSR count). The highest BCUT2D eigenvalue weighted by atomic mass is 16.3. The molecule has 1 amide bonds. The zero-order chi connectivity index (χ0) is 22.8. The first-order valence-electron chi connectivity index (χ1n) is 11.5. The Balaban J connectivity index is 1.17. The smallest absolute Gasteiger partial charge is 0.254 e. The predicted octanol–water partition coefficient (Wildman–Crippen LogP) is 2.77. The summed E-state index contributed by atoms with van der Waals surface area (Å²) in [6.45, 7) is 0. The van der Waals surface area contributed by atoms with E-state index in [4.69, 9.17) is 0 Å². The number of carbonyl (C=O) groups is 1. The van der Waals surface area contributed by atoms with Crippen molar-refractivity contribution in [3.63, 3.8) is 0 Å². The Labute approximate surface area is 192 Å². The van der Waals surface area contributed by atoms with Crippen LogP contribution in [0.2, 0.25) is 0 Å². The summed E-state index contributed by atoms with van der Waals surface area (Å²) in [5.74, 6) is 0.476. The van der Waals surface area contributed by atoms with Crippen LogP contribution in [-0.4, -0.2) is 32.6 Å². The first-order valence-corrected chi connectivity index (χ1v) is 11.5. The standard InChI is InChI=1S/C26H28N4O3/c31-24-14-15-27-23-13-12-22(30(23)24)26(33)29-19-8-6-17(7-9-19)16-20-10-11-21(28-20)25(32)18-4-2-1-3-5-18/h1-9,14-15,20-22,25,28,32H,10-13,16H2,(H,29,33)/t20-,21-,22+,25-/m1/s1. The summed E-state index contributed by atoms with van der Waals surface area (Å²) in [6.07, 6.45) is 5.02. The number of nitrogens with one attached hydrogen (secondary N) is 2. The molecule has 0 radical (unpaired) electrons. The molecule has 1 aromatic heterocycles. The Morgan fingerprint density at radius 1 is 1.09 bits per heavy atom. The van der Waals surface area contributed by atoms with Crippen molar-refractivity contribution in [2.24, 2.45) is 0 Å². The molecule has 3 heterocycles. The summed E-state index contributed by atoms with van der Waals surface area (Å²) in [4.78, 5) is 29.1. The second-order valence-corrected chi connectivity index (χ2v) is 8.92. The largest absolute Gasteiger partial charge is 0.387 e. The number of amides is 1. The van der Waals surface area contributed by atoms with Gasteiger partial charge in [-0.25, -0.2) is 4.98 Å². The van der Waals surface area contributed by atoms with Gasteiger partial charge in [0, 0.05) is 36.5 Å². The third-order valence-corrected chi connectivity index (χ3v) is 6.71. The van der Waals surface area contributed by atoms with Crippen molar-refractivity contribution < 1.29 is 9.90 Å². The molecule has 0 saturated carbocycles. The quantitative estimate of drug-likeness (QED) is 0.543. The van der Waals surface area contributed by atoms with E-state index in [1.807, 2.05) is 54.6 Å². The minimum atomic E-state index is -0.517. The monoisotopic (exact) mass is 444 g/mol. The molecule has 3 N–H and O–H groups in total. The zero-order valence-electron chi connectivity index (χ0n) is 18.4. The maximum Gasteiger partial charge on any atom is 0.254 e. The van der Waals surface area contributed by atoms with E-state index in [-0.39, 0.29) is 17.5 Å². The summed E-state index contributed by atoms with van der Waals surface area (Å²) >= 11 is 0. The van der Waals surface area contributed by atoms with Gasteiger partial charge in [-0.2, -0.15) is 0 Å². The van der Waals surface area contributed by atoms with Gasteiger partial charge in [0.2, 0.25) is 5.91 Å². The van der Waals surface area contributed by atoms with Gasteiger partial charge in [-0.1, -0.05) is 42.5 Å². The van der Waals surface area contributed by atoms with Crippen LogP contribution in [0.15, 0.2) is 71.7 Å². The predicted molar refractivity (Wildman–Crippen MR) is 126 cm³/mol. The average molecular weight is 445 g/mol. The normalized spacial score (nSPS) is 22.6. The van der Waals surface area contributed by atoms with Crippen molar-refractivity contribution in [2.75, 3.05) is 5.32 Å². The molecule has 170 valence electrons. The first kappa shape index (κ1) is 21.6.